The van der Waals surface area contributed by atoms with E-state index >= 15 is 0 Å². The van der Waals surface area contributed by atoms with E-state index in [-0.39, 0.29) is 5.56 Å². The number of ether oxygens (including phenoxy) is 1. The first kappa shape index (κ1) is 13.3. The summed E-state index contributed by atoms with van der Waals surface area (Å²) in [6.45, 7) is 2.39. The van der Waals surface area contributed by atoms with Crippen LogP contribution >= 0.6 is 0 Å². The Hall–Kier alpha value is -2.69. The summed E-state index contributed by atoms with van der Waals surface area (Å²) < 4.78 is 6.69. The Labute approximate surface area is 121 Å². The van der Waals surface area contributed by atoms with Gasteiger partial charge in [0.1, 0.15) is 17.0 Å². The summed E-state index contributed by atoms with van der Waals surface area (Å²) in [6, 6.07) is 11.3. The fourth-order valence-corrected chi connectivity index (χ4v) is 2.31. The molecule has 2 aromatic heterocycles. The zero-order valence-electron chi connectivity index (χ0n) is 11.9. The molecule has 3 rings (SSSR count). The van der Waals surface area contributed by atoms with Gasteiger partial charge in [-0.3, -0.25) is 9.78 Å². The topological polar surface area (TPSA) is 57.0 Å². The molecule has 0 radical (unpaired) electrons. The van der Waals surface area contributed by atoms with Crippen LogP contribution in [0, 0.1) is 0 Å². The monoisotopic (exact) mass is 281 g/mol. The molecular formula is C16H15N3O2. The Morgan fingerprint density at radius 1 is 1.24 bits per heavy atom. The van der Waals surface area contributed by atoms with E-state index < -0.39 is 0 Å². The molecule has 0 N–H and O–H groups in total. The number of benzene rings is 1. The lowest BCUT2D eigenvalue weighted by molar-refractivity contribution is 0.415. The number of nitrogens with zero attached hydrogens (tertiary/aromatic N) is 3. The van der Waals surface area contributed by atoms with Crippen molar-refractivity contribution in [3.63, 3.8) is 0 Å². The molecule has 5 nitrogen and oxygen atoms in total. The number of hydrogen-bond acceptors (Lipinski definition) is 4. The summed E-state index contributed by atoms with van der Waals surface area (Å²) in [5.41, 5.74) is 1.90. The van der Waals surface area contributed by atoms with Crippen LogP contribution in [0.2, 0.25) is 0 Å². The highest BCUT2D eigenvalue weighted by Gasteiger charge is 2.12. The number of aromatic nitrogens is 3. The standard InChI is InChI=1S/C16H15N3O2/c1-3-19-16(20)15-13(8-5-9-17-15)14(18-19)11-6-4-7-12(10-11)21-2/h4-10H,3H2,1-2H3. The smallest absolute Gasteiger partial charge is 0.293 e. The van der Waals surface area contributed by atoms with Gasteiger partial charge in [0, 0.05) is 23.7 Å². The van der Waals surface area contributed by atoms with E-state index in [0.29, 0.717) is 12.1 Å². The van der Waals surface area contributed by atoms with E-state index in [4.69, 9.17) is 4.74 Å². The molecule has 3 aromatic rings. The quantitative estimate of drug-likeness (QED) is 0.740. The third-order valence-electron chi connectivity index (χ3n) is 3.36. The van der Waals surface area contributed by atoms with Crippen LogP contribution in [0.3, 0.4) is 0 Å². The van der Waals surface area contributed by atoms with Gasteiger partial charge in [-0.25, -0.2) is 4.68 Å². The summed E-state index contributed by atoms with van der Waals surface area (Å²) in [5, 5.41) is 5.22. The van der Waals surface area contributed by atoms with Crippen molar-refractivity contribution in [3.8, 4) is 17.0 Å². The van der Waals surface area contributed by atoms with Crippen LogP contribution < -0.4 is 10.3 Å². The molecule has 2 heterocycles. The van der Waals surface area contributed by atoms with Gasteiger partial charge in [0.25, 0.3) is 5.56 Å². The molecule has 0 spiro atoms. The lowest BCUT2D eigenvalue weighted by atomic mass is 10.1. The molecule has 0 fully saturated rings. The number of hydrogen-bond donors (Lipinski definition) is 0. The van der Waals surface area contributed by atoms with Crippen LogP contribution in [-0.4, -0.2) is 21.9 Å². The minimum Gasteiger partial charge on any atom is -0.497 e. The summed E-state index contributed by atoms with van der Waals surface area (Å²) in [4.78, 5) is 16.5. The molecule has 0 aliphatic rings. The van der Waals surface area contributed by atoms with Crippen molar-refractivity contribution in [1.29, 1.82) is 0 Å². The Morgan fingerprint density at radius 2 is 2.10 bits per heavy atom. The second-order valence-corrected chi connectivity index (χ2v) is 4.60. The zero-order chi connectivity index (χ0) is 14.8. The molecule has 0 amide bonds. The molecule has 0 atom stereocenters. The van der Waals surface area contributed by atoms with Crippen LogP contribution in [0.1, 0.15) is 6.92 Å². The van der Waals surface area contributed by atoms with Gasteiger partial charge < -0.3 is 4.74 Å². The Morgan fingerprint density at radius 3 is 2.86 bits per heavy atom. The SMILES string of the molecule is CCn1nc(-c2cccc(OC)c2)c2cccnc2c1=O. The van der Waals surface area contributed by atoms with Crippen molar-refractivity contribution in [2.24, 2.45) is 0 Å². The van der Waals surface area contributed by atoms with Gasteiger partial charge in [-0.1, -0.05) is 12.1 Å². The van der Waals surface area contributed by atoms with Crippen LogP contribution in [0.25, 0.3) is 22.2 Å². The fraction of sp³-hybridized carbons (Fsp3) is 0.188. The average molecular weight is 281 g/mol. The minimum atomic E-state index is -0.167. The van der Waals surface area contributed by atoms with Crippen molar-refractivity contribution in [2.45, 2.75) is 13.5 Å². The average Bonchev–Trinajstić information content (AvgIpc) is 2.55. The first-order valence-electron chi connectivity index (χ1n) is 6.75. The maximum atomic E-state index is 12.3. The second kappa shape index (κ2) is 5.36. The Bertz CT molecular complexity index is 856. The van der Waals surface area contributed by atoms with Crippen LogP contribution in [-0.2, 0) is 6.54 Å². The molecular weight excluding hydrogens is 266 g/mol. The lowest BCUT2D eigenvalue weighted by Crippen LogP contribution is -2.23. The zero-order valence-corrected chi connectivity index (χ0v) is 11.9. The number of rotatable bonds is 3. The van der Waals surface area contributed by atoms with E-state index in [0.717, 1.165) is 22.4 Å². The number of fused-ring (bicyclic) bond motifs is 1. The summed E-state index contributed by atoms with van der Waals surface area (Å²) >= 11 is 0. The highest BCUT2D eigenvalue weighted by molar-refractivity contribution is 5.91. The predicted molar refractivity (Wildman–Crippen MR) is 81.5 cm³/mol. The highest BCUT2D eigenvalue weighted by atomic mass is 16.5. The van der Waals surface area contributed by atoms with Crippen molar-refractivity contribution in [3.05, 3.63) is 52.9 Å². The first-order valence-corrected chi connectivity index (χ1v) is 6.75. The third kappa shape index (κ3) is 2.27. The van der Waals surface area contributed by atoms with Crippen molar-refractivity contribution >= 4 is 10.9 Å². The van der Waals surface area contributed by atoms with E-state index in [1.54, 1.807) is 13.3 Å². The number of pyridine rings is 1. The van der Waals surface area contributed by atoms with Crippen molar-refractivity contribution in [2.75, 3.05) is 7.11 Å². The van der Waals surface area contributed by atoms with Crippen LogP contribution in [0.5, 0.6) is 5.75 Å². The fourth-order valence-electron chi connectivity index (χ4n) is 2.31. The molecule has 0 saturated heterocycles. The van der Waals surface area contributed by atoms with Gasteiger partial charge in [0.15, 0.2) is 0 Å². The van der Waals surface area contributed by atoms with Gasteiger partial charge in [-0.2, -0.15) is 5.10 Å². The van der Waals surface area contributed by atoms with Gasteiger partial charge in [-0.05, 0) is 31.2 Å². The molecule has 0 aliphatic carbocycles. The van der Waals surface area contributed by atoms with Gasteiger partial charge >= 0.3 is 0 Å². The van der Waals surface area contributed by atoms with Crippen molar-refractivity contribution in [1.82, 2.24) is 14.8 Å². The maximum Gasteiger partial charge on any atom is 0.293 e. The van der Waals surface area contributed by atoms with E-state index in [1.165, 1.54) is 4.68 Å². The van der Waals surface area contributed by atoms with Crippen LogP contribution in [0.15, 0.2) is 47.4 Å². The number of methoxy groups -OCH3 is 1. The predicted octanol–water partition coefficient (Wildman–Crippen LogP) is 2.49. The molecule has 1 aromatic carbocycles. The maximum absolute atomic E-state index is 12.3. The van der Waals surface area contributed by atoms with E-state index in [2.05, 4.69) is 10.1 Å². The molecule has 21 heavy (non-hydrogen) atoms. The van der Waals surface area contributed by atoms with Crippen molar-refractivity contribution < 1.29 is 4.74 Å². The second-order valence-electron chi connectivity index (χ2n) is 4.60. The van der Waals surface area contributed by atoms with Crippen LogP contribution in [0.4, 0.5) is 0 Å². The highest BCUT2D eigenvalue weighted by Crippen LogP contribution is 2.26. The Kier molecular flexibility index (Phi) is 3.39. The first-order chi connectivity index (χ1) is 10.2. The largest absolute Gasteiger partial charge is 0.497 e. The van der Waals surface area contributed by atoms with Gasteiger partial charge in [0.2, 0.25) is 0 Å². The third-order valence-corrected chi connectivity index (χ3v) is 3.36. The molecule has 0 unspecified atom stereocenters. The summed E-state index contributed by atoms with van der Waals surface area (Å²) in [7, 11) is 1.62. The normalized spacial score (nSPS) is 10.8. The molecule has 0 aliphatic heterocycles. The summed E-state index contributed by atoms with van der Waals surface area (Å²) in [6.07, 6.45) is 1.62. The molecule has 0 bridgehead atoms. The molecule has 5 heteroatoms. The van der Waals surface area contributed by atoms with Gasteiger partial charge in [0.05, 0.1) is 7.11 Å². The summed E-state index contributed by atoms with van der Waals surface area (Å²) in [5.74, 6) is 0.751. The molecule has 106 valence electrons. The molecule has 0 saturated carbocycles. The Balaban J connectivity index is 2.36. The van der Waals surface area contributed by atoms with Gasteiger partial charge in [-0.15, -0.1) is 0 Å². The number of aryl methyl sites for hydroxylation is 1. The minimum absolute atomic E-state index is 0.167. The van der Waals surface area contributed by atoms with E-state index in [9.17, 15) is 4.79 Å². The lowest BCUT2D eigenvalue weighted by Gasteiger charge is -2.10. The van der Waals surface area contributed by atoms with E-state index in [1.807, 2.05) is 43.3 Å².